The van der Waals surface area contributed by atoms with Gasteiger partial charge in [-0.25, -0.2) is 14.4 Å². The number of anilines is 1. The van der Waals surface area contributed by atoms with E-state index in [1.54, 1.807) is 42.7 Å². The van der Waals surface area contributed by atoms with Gasteiger partial charge in [-0.2, -0.15) is 5.26 Å². The lowest BCUT2D eigenvalue weighted by atomic mass is 10.2. The van der Waals surface area contributed by atoms with Gasteiger partial charge in [0, 0.05) is 24.5 Å². The Morgan fingerprint density at radius 2 is 1.83 bits per heavy atom. The summed E-state index contributed by atoms with van der Waals surface area (Å²) in [5, 5.41) is 12.2. The predicted octanol–water partition coefficient (Wildman–Crippen LogP) is 3.89. The summed E-state index contributed by atoms with van der Waals surface area (Å²) in [6.07, 6.45) is 3.17. The highest BCUT2D eigenvalue weighted by Gasteiger charge is 2.10. The molecule has 1 N–H and O–H groups in total. The molecule has 3 aromatic rings. The number of benzene rings is 1. The number of nitrogens with zero attached hydrogens (tertiary/aromatic N) is 3. The maximum Gasteiger partial charge on any atom is 0.224 e. The molecule has 0 aliphatic heterocycles. The first kappa shape index (κ1) is 15.4. The topological polar surface area (TPSA) is 70.8 Å². The van der Waals surface area contributed by atoms with Gasteiger partial charge in [-0.3, -0.25) is 0 Å². The highest BCUT2D eigenvalue weighted by molar-refractivity contribution is 5.51. The molecule has 0 spiro atoms. The molecule has 0 saturated carbocycles. The highest BCUT2D eigenvalue weighted by Crippen LogP contribution is 2.25. The van der Waals surface area contributed by atoms with Gasteiger partial charge in [-0.1, -0.05) is 18.2 Å². The minimum Gasteiger partial charge on any atom is -0.436 e. The molecule has 24 heavy (non-hydrogen) atoms. The number of pyridine rings is 2. The molecule has 3 rings (SSSR count). The Labute approximate surface area is 138 Å². The van der Waals surface area contributed by atoms with Crippen LogP contribution in [0.4, 0.5) is 10.2 Å². The van der Waals surface area contributed by atoms with Crippen molar-refractivity contribution in [2.75, 3.05) is 5.32 Å². The lowest BCUT2D eigenvalue weighted by Crippen LogP contribution is -2.05. The van der Waals surface area contributed by atoms with Crippen LogP contribution in [0.15, 0.2) is 60.9 Å². The summed E-state index contributed by atoms with van der Waals surface area (Å²) in [5.74, 6) is 0.414. The van der Waals surface area contributed by atoms with Gasteiger partial charge in [0.15, 0.2) is 11.6 Å². The van der Waals surface area contributed by atoms with E-state index in [4.69, 9.17) is 10.00 Å². The lowest BCUT2D eigenvalue weighted by Gasteiger charge is -2.12. The van der Waals surface area contributed by atoms with E-state index in [1.807, 2.05) is 6.07 Å². The van der Waals surface area contributed by atoms with Crippen molar-refractivity contribution in [3.63, 3.8) is 0 Å². The summed E-state index contributed by atoms with van der Waals surface area (Å²) >= 11 is 0. The number of halogens is 1. The number of hydrogen-bond acceptors (Lipinski definition) is 5. The summed E-state index contributed by atoms with van der Waals surface area (Å²) in [5.41, 5.74) is 1.16. The van der Waals surface area contributed by atoms with Crippen LogP contribution in [0.2, 0.25) is 0 Å². The predicted molar refractivity (Wildman–Crippen MR) is 87.0 cm³/mol. The second-order valence-corrected chi connectivity index (χ2v) is 4.87. The number of hydrogen-bond donors (Lipinski definition) is 1. The quantitative estimate of drug-likeness (QED) is 0.772. The molecule has 0 radical (unpaired) electrons. The van der Waals surface area contributed by atoms with Gasteiger partial charge in [0.05, 0.1) is 5.56 Å². The summed E-state index contributed by atoms with van der Waals surface area (Å²) < 4.78 is 19.3. The summed E-state index contributed by atoms with van der Waals surface area (Å²) in [6.45, 7) is 0.337. The third kappa shape index (κ3) is 3.47. The van der Waals surface area contributed by atoms with Gasteiger partial charge >= 0.3 is 0 Å². The van der Waals surface area contributed by atoms with E-state index in [2.05, 4.69) is 21.4 Å². The minimum atomic E-state index is -0.460. The molecule has 5 nitrogen and oxygen atoms in total. The first-order chi connectivity index (χ1) is 11.8. The number of rotatable bonds is 5. The van der Waals surface area contributed by atoms with Crippen molar-refractivity contribution in [2.45, 2.75) is 6.54 Å². The van der Waals surface area contributed by atoms with E-state index >= 15 is 0 Å². The average Bonchev–Trinajstić information content (AvgIpc) is 2.63. The largest absolute Gasteiger partial charge is 0.436 e. The van der Waals surface area contributed by atoms with E-state index in [0.717, 1.165) is 5.56 Å². The molecule has 0 atom stereocenters. The first-order valence-corrected chi connectivity index (χ1v) is 7.23. The molecule has 6 heteroatoms. The van der Waals surface area contributed by atoms with Crippen LogP contribution in [0.5, 0.6) is 11.6 Å². The summed E-state index contributed by atoms with van der Waals surface area (Å²) in [7, 11) is 0. The number of para-hydroxylation sites is 1. The summed E-state index contributed by atoms with van der Waals surface area (Å²) in [6, 6.07) is 15.1. The Kier molecular flexibility index (Phi) is 4.63. The Hall–Kier alpha value is -3.46. The maximum absolute atomic E-state index is 13.7. The van der Waals surface area contributed by atoms with E-state index in [9.17, 15) is 4.39 Å². The molecule has 0 bridgehead atoms. The Balaban J connectivity index is 1.80. The molecule has 0 saturated heterocycles. The lowest BCUT2D eigenvalue weighted by molar-refractivity contribution is 0.423. The standard InChI is InChI=1S/C18H13FN4O/c19-15-7-1-2-8-16(15)24-18-14(6-4-10-22-18)12-23-17-13(11-20)5-3-9-21-17/h1-10H,12H2,(H,21,23). The van der Waals surface area contributed by atoms with E-state index in [0.29, 0.717) is 23.8 Å². The molecule has 0 unspecified atom stereocenters. The Morgan fingerprint density at radius 3 is 2.67 bits per heavy atom. The molecule has 1 aromatic carbocycles. The fourth-order valence-corrected chi connectivity index (χ4v) is 2.10. The number of aromatic nitrogens is 2. The van der Waals surface area contributed by atoms with Crippen LogP contribution in [-0.2, 0) is 6.54 Å². The van der Waals surface area contributed by atoms with Gasteiger partial charge in [0.1, 0.15) is 11.9 Å². The molecule has 0 aliphatic carbocycles. The van der Waals surface area contributed by atoms with Gasteiger partial charge in [-0.05, 0) is 30.3 Å². The second kappa shape index (κ2) is 7.20. The van der Waals surface area contributed by atoms with Crippen LogP contribution >= 0.6 is 0 Å². The maximum atomic E-state index is 13.7. The van der Waals surface area contributed by atoms with Crippen molar-refractivity contribution in [3.8, 4) is 17.7 Å². The van der Waals surface area contributed by atoms with Crippen LogP contribution in [0.1, 0.15) is 11.1 Å². The average molecular weight is 320 g/mol. The van der Waals surface area contributed by atoms with Crippen LogP contribution in [0.3, 0.4) is 0 Å². The fourth-order valence-electron chi connectivity index (χ4n) is 2.10. The van der Waals surface area contributed by atoms with E-state index < -0.39 is 5.82 Å². The van der Waals surface area contributed by atoms with Crippen molar-refractivity contribution in [1.29, 1.82) is 5.26 Å². The number of nitriles is 1. The van der Waals surface area contributed by atoms with Gasteiger partial charge in [0.2, 0.25) is 5.88 Å². The zero-order valence-electron chi connectivity index (χ0n) is 12.6. The van der Waals surface area contributed by atoms with E-state index in [1.165, 1.54) is 12.1 Å². The monoisotopic (exact) mass is 320 g/mol. The van der Waals surface area contributed by atoms with Crippen molar-refractivity contribution in [1.82, 2.24) is 9.97 Å². The van der Waals surface area contributed by atoms with Crippen LogP contribution < -0.4 is 10.1 Å². The Bertz CT molecular complexity index is 892. The van der Waals surface area contributed by atoms with Gasteiger partial charge in [-0.15, -0.1) is 0 Å². The normalized spacial score (nSPS) is 10.0. The molecule has 0 fully saturated rings. The fraction of sp³-hybridized carbons (Fsp3) is 0.0556. The molecular formula is C18H13FN4O. The molecule has 2 heterocycles. The zero-order chi connectivity index (χ0) is 16.8. The van der Waals surface area contributed by atoms with Crippen molar-refractivity contribution in [3.05, 3.63) is 77.9 Å². The minimum absolute atomic E-state index is 0.105. The molecular weight excluding hydrogens is 307 g/mol. The SMILES string of the molecule is N#Cc1cccnc1NCc1cccnc1Oc1ccccc1F. The summed E-state index contributed by atoms with van der Waals surface area (Å²) in [4.78, 5) is 8.29. The van der Waals surface area contributed by atoms with Crippen LogP contribution in [-0.4, -0.2) is 9.97 Å². The van der Waals surface area contributed by atoms with Crippen LogP contribution in [0, 0.1) is 17.1 Å². The zero-order valence-corrected chi connectivity index (χ0v) is 12.6. The highest BCUT2D eigenvalue weighted by atomic mass is 19.1. The van der Waals surface area contributed by atoms with Gasteiger partial charge < -0.3 is 10.1 Å². The van der Waals surface area contributed by atoms with Crippen molar-refractivity contribution in [2.24, 2.45) is 0 Å². The number of nitrogens with one attached hydrogen (secondary N) is 1. The van der Waals surface area contributed by atoms with E-state index in [-0.39, 0.29) is 5.75 Å². The number of ether oxygens (including phenoxy) is 1. The van der Waals surface area contributed by atoms with Gasteiger partial charge in [0.25, 0.3) is 0 Å². The van der Waals surface area contributed by atoms with Crippen LogP contribution in [0.25, 0.3) is 0 Å². The molecule has 2 aromatic heterocycles. The third-order valence-electron chi connectivity index (χ3n) is 3.27. The first-order valence-electron chi connectivity index (χ1n) is 7.23. The smallest absolute Gasteiger partial charge is 0.224 e. The van der Waals surface area contributed by atoms with Crippen molar-refractivity contribution < 1.29 is 9.13 Å². The molecule has 0 aliphatic rings. The Morgan fingerprint density at radius 1 is 1.04 bits per heavy atom. The third-order valence-corrected chi connectivity index (χ3v) is 3.27. The second-order valence-electron chi connectivity index (χ2n) is 4.87. The molecule has 0 amide bonds. The molecule has 118 valence electrons. The van der Waals surface area contributed by atoms with Crippen molar-refractivity contribution >= 4 is 5.82 Å².